The average Bonchev–Trinajstić information content (AvgIpc) is 2.48. The Labute approximate surface area is 125 Å². The van der Waals surface area contributed by atoms with Gasteiger partial charge in [-0.25, -0.2) is 0 Å². The van der Waals surface area contributed by atoms with Gasteiger partial charge in [-0.3, -0.25) is 4.79 Å². The number of carbonyl (C=O) groups excluding carboxylic acids is 1. The summed E-state index contributed by atoms with van der Waals surface area (Å²) in [7, 11) is 0. The zero-order chi connectivity index (χ0) is 13.7. The van der Waals surface area contributed by atoms with Crippen LogP contribution in [-0.2, 0) is 5.33 Å². The maximum atomic E-state index is 12.0. The minimum absolute atomic E-state index is 0.0840. The molecule has 0 aliphatic rings. The lowest BCUT2D eigenvalue weighted by Crippen LogP contribution is -2.11. The molecular weight excluding hydrogens is 322 g/mol. The van der Waals surface area contributed by atoms with Crippen molar-refractivity contribution in [2.75, 3.05) is 11.6 Å². The second-order valence-corrected chi connectivity index (χ2v) is 5.45. The van der Waals surface area contributed by atoms with E-state index in [9.17, 15) is 4.79 Å². The highest BCUT2D eigenvalue weighted by atomic mass is 79.9. The van der Waals surface area contributed by atoms with Crippen molar-refractivity contribution >= 4 is 39.3 Å². The highest BCUT2D eigenvalue weighted by Crippen LogP contribution is 2.16. The molecule has 0 atom stereocenters. The summed E-state index contributed by atoms with van der Waals surface area (Å²) >= 11 is 5.05. The van der Waals surface area contributed by atoms with Gasteiger partial charge in [0.2, 0.25) is 0 Å². The molecular formula is C15H14BrNOS. The van der Waals surface area contributed by atoms with E-state index in [1.54, 1.807) is 11.8 Å². The first kappa shape index (κ1) is 14.2. The molecule has 1 N–H and O–H groups in total. The van der Waals surface area contributed by atoms with E-state index in [1.807, 2.05) is 54.8 Å². The Morgan fingerprint density at radius 1 is 1.11 bits per heavy atom. The number of amides is 1. The molecule has 0 aromatic heterocycles. The quantitative estimate of drug-likeness (QED) is 0.655. The van der Waals surface area contributed by atoms with Crippen LogP contribution < -0.4 is 5.32 Å². The Kier molecular flexibility index (Phi) is 5.05. The maximum absolute atomic E-state index is 12.0. The lowest BCUT2D eigenvalue weighted by atomic mass is 10.2. The SMILES string of the molecule is CSc1ccc(C(=O)Nc2ccc(CBr)cc2)cc1. The van der Waals surface area contributed by atoms with Crippen molar-refractivity contribution in [3.63, 3.8) is 0 Å². The molecule has 1 amide bonds. The molecule has 19 heavy (non-hydrogen) atoms. The van der Waals surface area contributed by atoms with Crippen LogP contribution in [0.5, 0.6) is 0 Å². The first-order valence-electron chi connectivity index (χ1n) is 5.83. The molecule has 2 rings (SSSR count). The molecule has 0 spiro atoms. The lowest BCUT2D eigenvalue weighted by molar-refractivity contribution is 0.102. The summed E-state index contributed by atoms with van der Waals surface area (Å²) in [6, 6.07) is 15.4. The first-order chi connectivity index (χ1) is 9.22. The largest absolute Gasteiger partial charge is 0.322 e. The number of thioether (sulfide) groups is 1. The van der Waals surface area contributed by atoms with Crippen molar-refractivity contribution in [1.82, 2.24) is 0 Å². The molecule has 0 radical (unpaired) electrons. The second-order valence-electron chi connectivity index (χ2n) is 4.01. The van der Waals surface area contributed by atoms with Gasteiger partial charge in [-0.1, -0.05) is 28.1 Å². The van der Waals surface area contributed by atoms with E-state index < -0.39 is 0 Å². The van der Waals surface area contributed by atoms with Crippen LogP contribution in [0.3, 0.4) is 0 Å². The van der Waals surface area contributed by atoms with Crippen molar-refractivity contribution in [2.45, 2.75) is 10.2 Å². The van der Waals surface area contributed by atoms with Crippen LogP contribution in [0.25, 0.3) is 0 Å². The fourth-order valence-electron chi connectivity index (χ4n) is 1.62. The first-order valence-corrected chi connectivity index (χ1v) is 8.18. The van der Waals surface area contributed by atoms with E-state index in [2.05, 4.69) is 21.2 Å². The smallest absolute Gasteiger partial charge is 0.255 e. The maximum Gasteiger partial charge on any atom is 0.255 e. The van der Waals surface area contributed by atoms with Gasteiger partial charge in [0.1, 0.15) is 0 Å². The molecule has 0 bridgehead atoms. The Balaban J connectivity index is 2.06. The van der Waals surface area contributed by atoms with Crippen LogP contribution >= 0.6 is 27.7 Å². The van der Waals surface area contributed by atoms with Crippen LogP contribution in [0.2, 0.25) is 0 Å². The van der Waals surface area contributed by atoms with Crippen LogP contribution in [0.15, 0.2) is 53.4 Å². The van der Waals surface area contributed by atoms with Crippen molar-refractivity contribution in [1.29, 1.82) is 0 Å². The third-order valence-electron chi connectivity index (χ3n) is 2.72. The fourth-order valence-corrected chi connectivity index (χ4v) is 2.40. The zero-order valence-corrected chi connectivity index (χ0v) is 12.9. The summed E-state index contributed by atoms with van der Waals surface area (Å²) in [6.45, 7) is 0. The van der Waals surface area contributed by atoms with Gasteiger partial charge in [-0.2, -0.15) is 0 Å². The lowest BCUT2D eigenvalue weighted by Gasteiger charge is -2.06. The molecule has 2 nitrogen and oxygen atoms in total. The van der Waals surface area contributed by atoms with E-state index in [-0.39, 0.29) is 5.91 Å². The van der Waals surface area contributed by atoms with E-state index in [0.717, 1.165) is 15.9 Å². The third-order valence-corrected chi connectivity index (χ3v) is 4.11. The van der Waals surface area contributed by atoms with Gasteiger partial charge in [0.05, 0.1) is 0 Å². The highest BCUT2D eigenvalue weighted by molar-refractivity contribution is 9.08. The molecule has 0 unspecified atom stereocenters. The predicted molar refractivity (Wildman–Crippen MR) is 85.2 cm³/mol. The molecule has 0 aliphatic carbocycles. The van der Waals surface area contributed by atoms with Gasteiger partial charge in [-0.15, -0.1) is 11.8 Å². The van der Waals surface area contributed by atoms with Gasteiger partial charge in [0.25, 0.3) is 5.91 Å². The third kappa shape index (κ3) is 3.85. The number of rotatable bonds is 4. The van der Waals surface area contributed by atoms with Crippen molar-refractivity contribution in [3.05, 3.63) is 59.7 Å². The summed E-state index contributed by atoms with van der Waals surface area (Å²) in [4.78, 5) is 13.2. The molecule has 0 heterocycles. The van der Waals surface area contributed by atoms with Crippen LogP contribution in [-0.4, -0.2) is 12.2 Å². The van der Waals surface area contributed by atoms with E-state index in [0.29, 0.717) is 5.56 Å². The summed E-state index contributed by atoms with van der Waals surface area (Å²) in [6.07, 6.45) is 2.01. The normalized spacial score (nSPS) is 10.2. The molecule has 98 valence electrons. The summed E-state index contributed by atoms with van der Waals surface area (Å²) in [5, 5.41) is 3.70. The van der Waals surface area contributed by atoms with Gasteiger partial charge < -0.3 is 5.32 Å². The van der Waals surface area contributed by atoms with E-state index in [4.69, 9.17) is 0 Å². The van der Waals surface area contributed by atoms with Gasteiger partial charge in [0, 0.05) is 21.5 Å². The number of benzene rings is 2. The molecule has 2 aromatic rings. The van der Waals surface area contributed by atoms with Gasteiger partial charge in [-0.05, 0) is 48.2 Å². The van der Waals surface area contributed by atoms with Gasteiger partial charge in [0.15, 0.2) is 0 Å². The van der Waals surface area contributed by atoms with Crippen molar-refractivity contribution in [3.8, 4) is 0 Å². The average molecular weight is 336 g/mol. The Morgan fingerprint density at radius 2 is 1.74 bits per heavy atom. The number of carbonyl (C=O) groups is 1. The minimum atomic E-state index is -0.0840. The Hall–Kier alpha value is -1.26. The molecule has 0 fully saturated rings. The number of hydrogen-bond acceptors (Lipinski definition) is 2. The molecule has 0 saturated heterocycles. The summed E-state index contributed by atoms with van der Waals surface area (Å²) in [5.74, 6) is -0.0840. The van der Waals surface area contributed by atoms with Crippen LogP contribution in [0, 0.1) is 0 Å². The van der Waals surface area contributed by atoms with Gasteiger partial charge >= 0.3 is 0 Å². The molecule has 2 aromatic carbocycles. The zero-order valence-electron chi connectivity index (χ0n) is 10.5. The Morgan fingerprint density at radius 3 is 2.26 bits per heavy atom. The summed E-state index contributed by atoms with van der Waals surface area (Å²) in [5.41, 5.74) is 2.66. The van der Waals surface area contributed by atoms with Crippen molar-refractivity contribution in [2.24, 2.45) is 0 Å². The number of halogens is 1. The summed E-state index contributed by atoms with van der Waals surface area (Å²) < 4.78 is 0. The number of anilines is 1. The molecule has 0 aliphatic heterocycles. The van der Waals surface area contributed by atoms with Crippen molar-refractivity contribution < 1.29 is 4.79 Å². The topological polar surface area (TPSA) is 29.1 Å². The standard InChI is InChI=1S/C15H14BrNOS/c1-19-14-8-4-12(5-9-14)15(18)17-13-6-2-11(10-16)3-7-13/h2-9H,10H2,1H3,(H,17,18). The molecule has 0 saturated carbocycles. The van der Waals surface area contributed by atoms with E-state index >= 15 is 0 Å². The monoisotopic (exact) mass is 335 g/mol. The minimum Gasteiger partial charge on any atom is -0.322 e. The number of alkyl halides is 1. The highest BCUT2D eigenvalue weighted by Gasteiger charge is 2.05. The number of nitrogens with one attached hydrogen (secondary N) is 1. The molecule has 4 heteroatoms. The number of hydrogen-bond donors (Lipinski definition) is 1. The van der Waals surface area contributed by atoms with Crippen LogP contribution in [0.4, 0.5) is 5.69 Å². The fraction of sp³-hybridized carbons (Fsp3) is 0.133. The Bertz CT molecular complexity index is 551. The second kappa shape index (κ2) is 6.78. The predicted octanol–water partition coefficient (Wildman–Crippen LogP) is 4.56. The van der Waals surface area contributed by atoms with E-state index in [1.165, 1.54) is 5.56 Å². The van der Waals surface area contributed by atoms with Crippen LogP contribution in [0.1, 0.15) is 15.9 Å².